The predicted molar refractivity (Wildman–Crippen MR) is 75.8 cm³/mol. The minimum atomic E-state index is -0.0943. The number of imidazole rings is 1. The number of carbonyl (C=O) groups is 1. The number of nitrogens with one attached hydrogen (secondary N) is 1. The average molecular weight is 292 g/mol. The van der Waals surface area contributed by atoms with Gasteiger partial charge in [-0.3, -0.25) is 4.79 Å². The highest BCUT2D eigenvalue weighted by molar-refractivity contribution is 6.33. The molecule has 0 bridgehead atoms. The van der Waals surface area contributed by atoms with Crippen LogP contribution in [0.15, 0.2) is 24.7 Å². The molecule has 0 aromatic carbocycles. The number of pyridine rings is 1. The minimum Gasteiger partial charge on any atom is -0.373 e. The second-order valence-electron chi connectivity index (χ2n) is 4.56. The Hall–Kier alpha value is -2.08. The highest BCUT2D eigenvalue weighted by Gasteiger charge is 2.24. The van der Waals surface area contributed by atoms with Gasteiger partial charge in [0.15, 0.2) is 0 Å². The first-order chi connectivity index (χ1) is 9.69. The van der Waals surface area contributed by atoms with Crippen molar-refractivity contribution in [2.24, 2.45) is 0 Å². The molecule has 104 valence electrons. The zero-order valence-electron chi connectivity index (χ0n) is 11.0. The van der Waals surface area contributed by atoms with E-state index in [0.29, 0.717) is 29.5 Å². The number of anilines is 1. The molecule has 0 unspecified atom stereocenters. The maximum absolute atomic E-state index is 12.6. The van der Waals surface area contributed by atoms with Gasteiger partial charge in [0.2, 0.25) is 0 Å². The van der Waals surface area contributed by atoms with Crippen LogP contribution >= 0.6 is 11.6 Å². The number of fused-ring (bicyclic) bond motifs is 1. The molecule has 3 heterocycles. The third-order valence-electron chi connectivity index (χ3n) is 3.37. The molecule has 20 heavy (non-hydrogen) atoms. The van der Waals surface area contributed by atoms with Crippen LogP contribution in [-0.4, -0.2) is 38.9 Å². The maximum atomic E-state index is 12.6. The Morgan fingerprint density at radius 2 is 2.25 bits per heavy atom. The Morgan fingerprint density at radius 3 is 3.05 bits per heavy atom. The first-order valence-electron chi connectivity index (χ1n) is 6.31. The molecule has 0 fully saturated rings. The van der Waals surface area contributed by atoms with Gasteiger partial charge in [-0.2, -0.15) is 0 Å². The normalized spacial score (nSPS) is 14.0. The summed E-state index contributed by atoms with van der Waals surface area (Å²) in [6.07, 6.45) is 5.17. The number of rotatable bonds is 2. The molecule has 1 N–H and O–H groups in total. The van der Waals surface area contributed by atoms with Gasteiger partial charge in [0.05, 0.1) is 17.1 Å². The fourth-order valence-corrected chi connectivity index (χ4v) is 2.44. The summed E-state index contributed by atoms with van der Waals surface area (Å²) in [6, 6.07) is 1.67. The summed E-state index contributed by atoms with van der Waals surface area (Å²) in [5, 5.41) is 3.27. The number of hydrogen-bond donors (Lipinski definition) is 1. The van der Waals surface area contributed by atoms with Crippen molar-refractivity contribution in [3.05, 3.63) is 41.1 Å². The smallest absolute Gasteiger partial charge is 0.256 e. The summed E-state index contributed by atoms with van der Waals surface area (Å²) in [5.41, 5.74) is 0.464. The van der Waals surface area contributed by atoms with Crippen molar-refractivity contribution in [1.82, 2.24) is 19.4 Å². The molecule has 0 radical (unpaired) electrons. The van der Waals surface area contributed by atoms with E-state index in [1.54, 1.807) is 24.2 Å². The van der Waals surface area contributed by atoms with Crippen molar-refractivity contribution in [2.45, 2.75) is 13.1 Å². The summed E-state index contributed by atoms with van der Waals surface area (Å²) in [4.78, 5) is 22.7. The lowest BCUT2D eigenvalue weighted by molar-refractivity contribution is 0.0707. The fourth-order valence-electron chi connectivity index (χ4n) is 2.26. The van der Waals surface area contributed by atoms with Crippen LogP contribution in [-0.2, 0) is 13.1 Å². The summed E-state index contributed by atoms with van der Waals surface area (Å²) < 4.78 is 2.05. The third kappa shape index (κ3) is 2.22. The molecule has 6 nitrogen and oxygen atoms in total. The molecule has 0 spiro atoms. The van der Waals surface area contributed by atoms with Gasteiger partial charge in [-0.1, -0.05) is 11.6 Å². The lowest BCUT2D eigenvalue weighted by Gasteiger charge is -2.28. The molecule has 0 aliphatic carbocycles. The van der Waals surface area contributed by atoms with E-state index >= 15 is 0 Å². The Bertz CT molecular complexity index is 654. The summed E-state index contributed by atoms with van der Waals surface area (Å²) in [6.45, 7) is 1.90. The second-order valence-corrected chi connectivity index (χ2v) is 4.97. The van der Waals surface area contributed by atoms with Gasteiger partial charge in [-0.05, 0) is 6.07 Å². The standard InChI is InChI=1S/C13H14ClN5O/c1-15-11-6-9(10(14)7-17-11)13(20)19-5-4-18-3-2-16-12(18)8-19/h2-3,6-7H,4-5,8H2,1H3,(H,15,17). The van der Waals surface area contributed by atoms with Crippen molar-refractivity contribution < 1.29 is 4.79 Å². The topological polar surface area (TPSA) is 63.1 Å². The quantitative estimate of drug-likeness (QED) is 0.913. The van der Waals surface area contributed by atoms with E-state index < -0.39 is 0 Å². The van der Waals surface area contributed by atoms with Crippen LogP contribution in [0, 0.1) is 0 Å². The van der Waals surface area contributed by atoms with Crippen LogP contribution in [0.4, 0.5) is 5.82 Å². The van der Waals surface area contributed by atoms with Crippen molar-refractivity contribution in [3.8, 4) is 0 Å². The number of nitrogens with zero attached hydrogens (tertiary/aromatic N) is 4. The zero-order valence-corrected chi connectivity index (χ0v) is 11.8. The highest BCUT2D eigenvalue weighted by atomic mass is 35.5. The van der Waals surface area contributed by atoms with E-state index in [1.807, 2.05) is 6.20 Å². The molecule has 3 rings (SSSR count). The molecule has 0 saturated heterocycles. The lowest BCUT2D eigenvalue weighted by Crippen LogP contribution is -2.38. The third-order valence-corrected chi connectivity index (χ3v) is 3.68. The van der Waals surface area contributed by atoms with Crippen molar-refractivity contribution in [1.29, 1.82) is 0 Å². The number of aromatic nitrogens is 3. The Labute approximate surface area is 121 Å². The maximum Gasteiger partial charge on any atom is 0.256 e. The van der Waals surface area contributed by atoms with E-state index in [-0.39, 0.29) is 5.91 Å². The van der Waals surface area contributed by atoms with E-state index in [4.69, 9.17) is 11.6 Å². The van der Waals surface area contributed by atoms with E-state index in [0.717, 1.165) is 12.4 Å². The van der Waals surface area contributed by atoms with Gasteiger partial charge in [0, 0.05) is 38.7 Å². The molecular formula is C13H14ClN5O. The van der Waals surface area contributed by atoms with Gasteiger partial charge >= 0.3 is 0 Å². The SMILES string of the molecule is CNc1cc(C(=O)N2CCn3ccnc3C2)c(Cl)cn1. The van der Waals surface area contributed by atoms with Crippen molar-refractivity contribution in [3.63, 3.8) is 0 Å². The van der Waals surface area contributed by atoms with E-state index in [2.05, 4.69) is 19.9 Å². The largest absolute Gasteiger partial charge is 0.373 e. The van der Waals surface area contributed by atoms with Crippen LogP contribution in [0.1, 0.15) is 16.2 Å². The van der Waals surface area contributed by atoms with Crippen LogP contribution in [0.3, 0.4) is 0 Å². The van der Waals surface area contributed by atoms with Crippen LogP contribution in [0.5, 0.6) is 0 Å². The molecule has 7 heteroatoms. The molecule has 1 aliphatic rings. The minimum absolute atomic E-state index is 0.0943. The Balaban J connectivity index is 1.87. The van der Waals surface area contributed by atoms with Crippen molar-refractivity contribution in [2.75, 3.05) is 18.9 Å². The van der Waals surface area contributed by atoms with Gasteiger partial charge in [0.25, 0.3) is 5.91 Å². The molecule has 1 amide bonds. The summed E-state index contributed by atoms with van der Waals surface area (Å²) in [5.74, 6) is 1.42. The fraction of sp³-hybridized carbons (Fsp3) is 0.308. The lowest BCUT2D eigenvalue weighted by atomic mass is 10.2. The molecule has 1 aliphatic heterocycles. The van der Waals surface area contributed by atoms with Crippen LogP contribution in [0.25, 0.3) is 0 Å². The average Bonchev–Trinajstić information content (AvgIpc) is 2.94. The number of hydrogen-bond acceptors (Lipinski definition) is 4. The number of halogens is 1. The van der Waals surface area contributed by atoms with Crippen LogP contribution < -0.4 is 5.32 Å². The zero-order chi connectivity index (χ0) is 14.1. The number of carbonyl (C=O) groups excluding carboxylic acids is 1. The van der Waals surface area contributed by atoms with Gasteiger partial charge in [0.1, 0.15) is 11.6 Å². The highest BCUT2D eigenvalue weighted by Crippen LogP contribution is 2.21. The number of amides is 1. The molecular weight excluding hydrogens is 278 g/mol. The van der Waals surface area contributed by atoms with Gasteiger partial charge < -0.3 is 14.8 Å². The first-order valence-corrected chi connectivity index (χ1v) is 6.69. The Kier molecular flexibility index (Phi) is 3.31. The van der Waals surface area contributed by atoms with Crippen molar-refractivity contribution >= 4 is 23.3 Å². The van der Waals surface area contributed by atoms with Gasteiger partial charge in [-0.15, -0.1) is 0 Å². The predicted octanol–water partition coefficient (Wildman–Crippen LogP) is 1.63. The summed E-state index contributed by atoms with van der Waals surface area (Å²) in [7, 11) is 1.75. The molecule has 2 aromatic rings. The van der Waals surface area contributed by atoms with Gasteiger partial charge in [-0.25, -0.2) is 9.97 Å². The molecule has 0 saturated carbocycles. The van der Waals surface area contributed by atoms with E-state index in [1.165, 1.54) is 6.20 Å². The first kappa shape index (κ1) is 12.9. The second kappa shape index (κ2) is 5.13. The monoisotopic (exact) mass is 291 g/mol. The van der Waals surface area contributed by atoms with E-state index in [9.17, 15) is 4.79 Å². The molecule has 0 atom stereocenters. The Morgan fingerprint density at radius 1 is 1.40 bits per heavy atom. The van der Waals surface area contributed by atoms with Crippen LogP contribution in [0.2, 0.25) is 5.02 Å². The summed E-state index contributed by atoms with van der Waals surface area (Å²) >= 11 is 6.09. The molecule has 2 aromatic heterocycles.